The Morgan fingerprint density at radius 2 is 1.46 bits per heavy atom. The summed E-state index contributed by atoms with van der Waals surface area (Å²) in [5.74, 6) is 2.07. The van der Waals surface area contributed by atoms with Gasteiger partial charge in [0.05, 0.1) is 19.0 Å². The number of imidazole rings is 1. The van der Waals surface area contributed by atoms with Crippen LogP contribution in [-0.4, -0.2) is 4.57 Å². The lowest BCUT2D eigenvalue weighted by atomic mass is 10.1. The van der Waals surface area contributed by atoms with Crippen LogP contribution in [0.4, 0.5) is 0 Å². The fourth-order valence-electron chi connectivity index (χ4n) is 4.21. The quantitative estimate of drug-likeness (QED) is 0.230. The number of aryl methyl sites for hydroxylation is 3. The highest BCUT2D eigenvalue weighted by Crippen LogP contribution is 2.14. The van der Waals surface area contributed by atoms with Crippen LogP contribution in [0, 0.1) is 0 Å². The van der Waals surface area contributed by atoms with E-state index in [0.29, 0.717) is 5.92 Å². The van der Waals surface area contributed by atoms with E-state index in [1.165, 1.54) is 82.1 Å². The predicted molar refractivity (Wildman–Crippen MR) is 121 cm³/mol. The van der Waals surface area contributed by atoms with E-state index in [1.807, 2.05) is 0 Å². The first-order valence-electron chi connectivity index (χ1n) is 11.8. The second-order valence-electron chi connectivity index (χ2n) is 8.62. The maximum atomic E-state index is 2.51. The summed E-state index contributed by atoms with van der Waals surface area (Å²) in [6.45, 7) is 9.24. The average Bonchev–Trinajstić information content (AvgIpc) is 3.10. The van der Waals surface area contributed by atoms with E-state index >= 15 is 0 Å². The van der Waals surface area contributed by atoms with Gasteiger partial charge < -0.3 is 0 Å². The molecule has 156 valence electrons. The molecule has 0 spiro atoms. The third-order valence-corrected chi connectivity index (χ3v) is 5.74. The zero-order chi connectivity index (χ0) is 20.0. The summed E-state index contributed by atoms with van der Waals surface area (Å²) in [6, 6.07) is 10.9. The van der Waals surface area contributed by atoms with Crippen LogP contribution >= 0.6 is 0 Å². The molecule has 0 bridgehead atoms. The van der Waals surface area contributed by atoms with Gasteiger partial charge in [0.2, 0.25) is 0 Å². The molecule has 28 heavy (non-hydrogen) atoms. The number of nitrogens with zero attached hydrogens (tertiary/aromatic N) is 2. The molecule has 0 aliphatic rings. The monoisotopic (exact) mass is 383 g/mol. The zero-order valence-corrected chi connectivity index (χ0v) is 18.7. The number of hydrogen-bond donors (Lipinski definition) is 0. The first kappa shape index (κ1) is 22.7. The SMILES string of the molecule is CCCCCCCCCCCn1cc[n+](CCCc2ccccc2)c1C(C)C. The molecule has 0 unspecified atom stereocenters. The molecule has 2 heteroatoms. The summed E-state index contributed by atoms with van der Waals surface area (Å²) in [6.07, 6.45) is 19.6. The summed E-state index contributed by atoms with van der Waals surface area (Å²) >= 11 is 0. The van der Waals surface area contributed by atoms with Crippen molar-refractivity contribution in [2.45, 2.75) is 110 Å². The molecular weight excluding hydrogens is 340 g/mol. The Morgan fingerprint density at radius 1 is 0.821 bits per heavy atom. The van der Waals surface area contributed by atoms with Crippen LogP contribution in [0.1, 0.15) is 102 Å². The zero-order valence-electron chi connectivity index (χ0n) is 18.7. The Hall–Kier alpha value is -1.57. The summed E-state index contributed by atoms with van der Waals surface area (Å²) in [5, 5.41) is 0. The van der Waals surface area contributed by atoms with E-state index in [0.717, 1.165) is 13.0 Å². The third kappa shape index (κ3) is 8.20. The van der Waals surface area contributed by atoms with Gasteiger partial charge in [-0.3, -0.25) is 0 Å². The Morgan fingerprint density at radius 3 is 2.11 bits per heavy atom. The molecule has 0 saturated heterocycles. The molecule has 0 radical (unpaired) electrons. The van der Waals surface area contributed by atoms with E-state index in [2.05, 4.69) is 72.6 Å². The van der Waals surface area contributed by atoms with Crippen molar-refractivity contribution in [1.29, 1.82) is 0 Å². The van der Waals surface area contributed by atoms with Crippen molar-refractivity contribution in [2.75, 3.05) is 0 Å². The van der Waals surface area contributed by atoms with Crippen LogP contribution in [0.5, 0.6) is 0 Å². The van der Waals surface area contributed by atoms with E-state index in [9.17, 15) is 0 Å². The van der Waals surface area contributed by atoms with Gasteiger partial charge in [-0.25, -0.2) is 9.13 Å². The normalized spacial score (nSPS) is 11.4. The maximum Gasteiger partial charge on any atom is 0.258 e. The fraction of sp³-hybridized carbons (Fsp3) is 0.654. The van der Waals surface area contributed by atoms with Gasteiger partial charge in [0.1, 0.15) is 12.4 Å². The smallest absolute Gasteiger partial charge is 0.234 e. The number of aromatic nitrogens is 2. The number of unbranched alkanes of at least 4 members (excludes halogenated alkanes) is 8. The van der Waals surface area contributed by atoms with Gasteiger partial charge in [-0.05, 0) is 31.2 Å². The van der Waals surface area contributed by atoms with E-state index < -0.39 is 0 Å². The summed E-state index contributed by atoms with van der Waals surface area (Å²) in [7, 11) is 0. The molecule has 0 aliphatic carbocycles. The van der Waals surface area contributed by atoms with Gasteiger partial charge in [0.15, 0.2) is 0 Å². The molecule has 0 amide bonds. The van der Waals surface area contributed by atoms with Gasteiger partial charge in [0, 0.05) is 0 Å². The van der Waals surface area contributed by atoms with Crippen molar-refractivity contribution in [1.82, 2.24) is 4.57 Å². The average molecular weight is 384 g/mol. The highest BCUT2D eigenvalue weighted by Gasteiger charge is 2.20. The van der Waals surface area contributed by atoms with Crippen molar-refractivity contribution in [3.05, 3.63) is 54.1 Å². The molecule has 2 nitrogen and oxygen atoms in total. The van der Waals surface area contributed by atoms with Gasteiger partial charge in [-0.2, -0.15) is 0 Å². The van der Waals surface area contributed by atoms with Gasteiger partial charge in [-0.1, -0.05) is 96.0 Å². The van der Waals surface area contributed by atoms with Crippen molar-refractivity contribution >= 4 is 0 Å². The minimum absolute atomic E-state index is 0.574. The lowest BCUT2D eigenvalue weighted by molar-refractivity contribution is -0.705. The van der Waals surface area contributed by atoms with Gasteiger partial charge in [-0.15, -0.1) is 0 Å². The first-order valence-corrected chi connectivity index (χ1v) is 11.8. The molecule has 0 fully saturated rings. The molecule has 0 atom stereocenters. The van der Waals surface area contributed by atoms with Gasteiger partial charge >= 0.3 is 0 Å². The van der Waals surface area contributed by atoms with Crippen molar-refractivity contribution < 1.29 is 4.57 Å². The summed E-state index contributed by atoms with van der Waals surface area (Å²) < 4.78 is 5.00. The van der Waals surface area contributed by atoms with Crippen LogP contribution in [0.3, 0.4) is 0 Å². The molecule has 0 N–H and O–H groups in total. The minimum atomic E-state index is 0.574. The molecular formula is C26H43N2+. The van der Waals surface area contributed by atoms with Crippen molar-refractivity contribution in [3.8, 4) is 0 Å². The Kier molecular flexibility index (Phi) is 11.0. The van der Waals surface area contributed by atoms with Crippen LogP contribution in [-0.2, 0) is 19.5 Å². The second kappa shape index (κ2) is 13.6. The molecule has 0 saturated carbocycles. The highest BCUT2D eigenvalue weighted by molar-refractivity contribution is 5.14. The van der Waals surface area contributed by atoms with Crippen LogP contribution in [0.25, 0.3) is 0 Å². The third-order valence-electron chi connectivity index (χ3n) is 5.74. The Balaban J connectivity index is 1.71. The topological polar surface area (TPSA) is 8.81 Å². The van der Waals surface area contributed by atoms with E-state index in [1.54, 1.807) is 0 Å². The Bertz CT molecular complexity index is 627. The summed E-state index contributed by atoms with van der Waals surface area (Å²) in [4.78, 5) is 0. The molecule has 1 aromatic heterocycles. The lowest BCUT2D eigenvalue weighted by Crippen LogP contribution is -2.38. The number of benzene rings is 1. The standard InChI is InChI=1S/C26H43N2/c1-4-5-6-7-8-9-10-11-15-20-27-22-23-28(26(27)24(2)3)21-16-19-25-17-13-12-14-18-25/h12-14,17-18,22-24H,4-11,15-16,19-21H2,1-3H3/q+1. The second-order valence-corrected chi connectivity index (χ2v) is 8.62. The minimum Gasteiger partial charge on any atom is -0.234 e. The van der Waals surface area contributed by atoms with E-state index in [-0.39, 0.29) is 0 Å². The summed E-state index contributed by atoms with van der Waals surface area (Å²) in [5.41, 5.74) is 1.45. The molecule has 2 rings (SSSR count). The molecule has 0 aliphatic heterocycles. The van der Waals surface area contributed by atoms with Crippen molar-refractivity contribution in [2.24, 2.45) is 0 Å². The largest absolute Gasteiger partial charge is 0.258 e. The predicted octanol–water partition coefficient (Wildman–Crippen LogP) is 7.06. The molecule has 2 aromatic rings. The highest BCUT2D eigenvalue weighted by atomic mass is 15.1. The van der Waals surface area contributed by atoms with E-state index in [4.69, 9.17) is 0 Å². The number of rotatable bonds is 15. The molecule has 1 heterocycles. The Labute approximate surface area is 174 Å². The van der Waals surface area contributed by atoms with Crippen LogP contribution in [0.15, 0.2) is 42.7 Å². The van der Waals surface area contributed by atoms with Gasteiger partial charge in [0.25, 0.3) is 5.82 Å². The maximum absolute atomic E-state index is 2.51. The van der Waals surface area contributed by atoms with Crippen LogP contribution in [0.2, 0.25) is 0 Å². The first-order chi connectivity index (χ1) is 13.7. The number of hydrogen-bond acceptors (Lipinski definition) is 0. The fourth-order valence-corrected chi connectivity index (χ4v) is 4.21. The van der Waals surface area contributed by atoms with Crippen molar-refractivity contribution in [3.63, 3.8) is 0 Å². The lowest BCUT2D eigenvalue weighted by Gasteiger charge is -2.08. The molecule has 1 aromatic carbocycles. The van der Waals surface area contributed by atoms with Crippen LogP contribution < -0.4 is 4.57 Å².